The van der Waals surface area contributed by atoms with Gasteiger partial charge in [0.1, 0.15) is 0 Å². The van der Waals surface area contributed by atoms with E-state index in [-0.39, 0.29) is 5.54 Å². The van der Waals surface area contributed by atoms with Crippen LogP contribution in [0.1, 0.15) is 64.9 Å². The smallest absolute Gasteiger partial charge is 0.0669 e. The molecule has 0 unspecified atom stereocenters. The number of aromatic nitrogens is 2. The summed E-state index contributed by atoms with van der Waals surface area (Å²) in [5.74, 6) is 0. The van der Waals surface area contributed by atoms with E-state index in [0.29, 0.717) is 0 Å². The largest absolute Gasteiger partial charge is 0.313 e. The molecular formula is C15H29N3. The Bertz CT molecular complexity index is 372. The number of hydrogen-bond acceptors (Lipinski definition) is 2. The topological polar surface area (TPSA) is 29.9 Å². The van der Waals surface area contributed by atoms with Gasteiger partial charge in [0.15, 0.2) is 0 Å². The van der Waals surface area contributed by atoms with Crippen molar-refractivity contribution in [3.8, 4) is 0 Å². The van der Waals surface area contributed by atoms with Crippen molar-refractivity contribution in [3.05, 3.63) is 17.0 Å². The van der Waals surface area contributed by atoms with Crippen LogP contribution in [-0.4, -0.2) is 16.3 Å². The van der Waals surface area contributed by atoms with Gasteiger partial charge in [-0.25, -0.2) is 0 Å². The molecule has 1 aromatic heterocycles. The molecule has 0 saturated heterocycles. The third kappa shape index (κ3) is 3.35. The maximum atomic E-state index is 4.83. The van der Waals surface area contributed by atoms with Crippen molar-refractivity contribution in [3.63, 3.8) is 0 Å². The first-order chi connectivity index (χ1) is 8.45. The van der Waals surface area contributed by atoms with Crippen molar-refractivity contribution in [1.29, 1.82) is 0 Å². The highest BCUT2D eigenvalue weighted by Crippen LogP contribution is 2.23. The van der Waals surface area contributed by atoms with Crippen LogP contribution in [-0.2, 0) is 24.9 Å². The lowest BCUT2D eigenvalue weighted by molar-refractivity contribution is 0.342. The second-order valence-electron chi connectivity index (χ2n) is 5.84. The average Bonchev–Trinajstić information content (AvgIpc) is 2.67. The standard InChI is InChI=1S/C15H29N3/c1-7-10-16-11-12-13(8-2)17-18(14(12)9-3)15(4,5)6/h16H,7-11H2,1-6H3. The minimum Gasteiger partial charge on any atom is -0.313 e. The number of hydrogen-bond donors (Lipinski definition) is 1. The lowest BCUT2D eigenvalue weighted by Crippen LogP contribution is -2.26. The van der Waals surface area contributed by atoms with Gasteiger partial charge in [0, 0.05) is 17.8 Å². The number of aryl methyl sites for hydroxylation is 1. The van der Waals surface area contributed by atoms with Crippen LogP contribution < -0.4 is 5.32 Å². The molecule has 0 aliphatic rings. The van der Waals surface area contributed by atoms with Gasteiger partial charge in [0.05, 0.1) is 11.2 Å². The molecule has 0 spiro atoms. The second kappa shape index (κ2) is 6.37. The Morgan fingerprint density at radius 3 is 2.22 bits per heavy atom. The molecule has 0 amide bonds. The van der Waals surface area contributed by atoms with Gasteiger partial charge in [-0.15, -0.1) is 0 Å². The summed E-state index contributed by atoms with van der Waals surface area (Å²) in [6.07, 6.45) is 3.24. The van der Waals surface area contributed by atoms with Crippen molar-refractivity contribution in [2.45, 2.75) is 72.9 Å². The van der Waals surface area contributed by atoms with Gasteiger partial charge in [-0.05, 0) is 46.6 Å². The predicted molar refractivity (Wildman–Crippen MR) is 78.0 cm³/mol. The van der Waals surface area contributed by atoms with Crippen LogP contribution in [0.5, 0.6) is 0 Å². The highest BCUT2D eigenvalue weighted by atomic mass is 15.3. The molecule has 0 bridgehead atoms. The van der Waals surface area contributed by atoms with Crippen LogP contribution in [0, 0.1) is 0 Å². The lowest BCUT2D eigenvalue weighted by atomic mass is 10.1. The minimum absolute atomic E-state index is 0.0677. The van der Waals surface area contributed by atoms with Crippen LogP contribution in [0.25, 0.3) is 0 Å². The molecule has 0 saturated carbocycles. The predicted octanol–water partition coefficient (Wildman–Crippen LogP) is 3.26. The van der Waals surface area contributed by atoms with E-state index in [1.54, 1.807) is 0 Å². The van der Waals surface area contributed by atoms with E-state index in [0.717, 1.165) is 25.9 Å². The van der Waals surface area contributed by atoms with Gasteiger partial charge in [0.25, 0.3) is 0 Å². The van der Waals surface area contributed by atoms with E-state index in [4.69, 9.17) is 5.10 Å². The highest BCUT2D eigenvalue weighted by molar-refractivity contribution is 5.27. The van der Waals surface area contributed by atoms with Crippen LogP contribution in [0.3, 0.4) is 0 Å². The Morgan fingerprint density at radius 1 is 1.11 bits per heavy atom. The van der Waals surface area contributed by atoms with Crippen LogP contribution in [0.4, 0.5) is 0 Å². The Labute approximate surface area is 112 Å². The van der Waals surface area contributed by atoms with E-state index < -0.39 is 0 Å². The summed E-state index contributed by atoms with van der Waals surface area (Å²) in [6.45, 7) is 15.3. The van der Waals surface area contributed by atoms with Crippen molar-refractivity contribution < 1.29 is 0 Å². The number of rotatable bonds is 6. The zero-order valence-electron chi connectivity index (χ0n) is 12.9. The molecule has 0 aliphatic heterocycles. The molecule has 1 rings (SSSR count). The molecular weight excluding hydrogens is 222 g/mol. The van der Waals surface area contributed by atoms with Gasteiger partial charge >= 0.3 is 0 Å². The SMILES string of the molecule is CCCNCc1c(CC)nn(C(C)(C)C)c1CC. The maximum absolute atomic E-state index is 4.83. The van der Waals surface area contributed by atoms with E-state index in [9.17, 15) is 0 Å². The summed E-state index contributed by atoms with van der Waals surface area (Å²) in [6, 6.07) is 0. The molecule has 1 N–H and O–H groups in total. The monoisotopic (exact) mass is 251 g/mol. The number of nitrogens with zero attached hydrogens (tertiary/aromatic N) is 2. The molecule has 0 aliphatic carbocycles. The zero-order valence-corrected chi connectivity index (χ0v) is 12.9. The Morgan fingerprint density at radius 2 is 1.78 bits per heavy atom. The van der Waals surface area contributed by atoms with Crippen molar-refractivity contribution in [1.82, 2.24) is 15.1 Å². The molecule has 3 nitrogen and oxygen atoms in total. The number of nitrogens with one attached hydrogen (secondary N) is 1. The summed E-state index contributed by atoms with van der Waals surface area (Å²) in [7, 11) is 0. The molecule has 104 valence electrons. The van der Waals surface area contributed by atoms with Crippen molar-refractivity contribution >= 4 is 0 Å². The Kier molecular flexibility index (Phi) is 5.39. The first-order valence-corrected chi connectivity index (χ1v) is 7.26. The first kappa shape index (κ1) is 15.2. The molecule has 1 heterocycles. The van der Waals surface area contributed by atoms with Gasteiger partial charge in [-0.2, -0.15) is 5.10 Å². The van der Waals surface area contributed by atoms with Crippen molar-refractivity contribution in [2.24, 2.45) is 0 Å². The molecule has 3 heteroatoms. The summed E-state index contributed by atoms with van der Waals surface area (Å²) in [5, 5.41) is 8.34. The molecule has 0 atom stereocenters. The van der Waals surface area contributed by atoms with E-state index in [2.05, 4.69) is 51.5 Å². The molecule has 1 aromatic rings. The fourth-order valence-electron chi connectivity index (χ4n) is 2.33. The fraction of sp³-hybridized carbons (Fsp3) is 0.800. The lowest BCUT2D eigenvalue weighted by Gasteiger charge is -2.22. The third-order valence-corrected chi connectivity index (χ3v) is 3.21. The second-order valence-corrected chi connectivity index (χ2v) is 5.84. The highest BCUT2D eigenvalue weighted by Gasteiger charge is 2.22. The summed E-state index contributed by atoms with van der Waals surface area (Å²) in [5.41, 5.74) is 4.13. The van der Waals surface area contributed by atoms with Gasteiger partial charge in [-0.1, -0.05) is 20.8 Å². The van der Waals surface area contributed by atoms with Gasteiger partial charge in [0.2, 0.25) is 0 Å². The summed E-state index contributed by atoms with van der Waals surface area (Å²) < 4.78 is 2.22. The van der Waals surface area contributed by atoms with Crippen molar-refractivity contribution in [2.75, 3.05) is 6.54 Å². The van der Waals surface area contributed by atoms with Gasteiger partial charge in [-0.3, -0.25) is 4.68 Å². The molecule has 18 heavy (non-hydrogen) atoms. The van der Waals surface area contributed by atoms with Crippen LogP contribution >= 0.6 is 0 Å². The minimum atomic E-state index is 0.0677. The average molecular weight is 251 g/mol. The summed E-state index contributed by atoms with van der Waals surface area (Å²) >= 11 is 0. The van der Waals surface area contributed by atoms with E-state index in [1.807, 2.05) is 0 Å². The third-order valence-electron chi connectivity index (χ3n) is 3.21. The molecule has 0 fully saturated rings. The normalized spacial score (nSPS) is 12.1. The quantitative estimate of drug-likeness (QED) is 0.786. The fourth-order valence-corrected chi connectivity index (χ4v) is 2.33. The zero-order chi connectivity index (χ0) is 13.8. The van der Waals surface area contributed by atoms with Crippen LogP contribution in [0.15, 0.2) is 0 Å². The molecule has 0 aromatic carbocycles. The molecule has 0 radical (unpaired) electrons. The van der Waals surface area contributed by atoms with Crippen LogP contribution in [0.2, 0.25) is 0 Å². The van der Waals surface area contributed by atoms with E-state index >= 15 is 0 Å². The maximum Gasteiger partial charge on any atom is 0.0669 e. The first-order valence-electron chi connectivity index (χ1n) is 7.26. The Balaban J connectivity index is 3.09. The van der Waals surface area contributed by atoms with E-state index in [1.165, 1.54) is 23.4 Å². The summed E-state index contributed by atoms with van der Waals surface area (Å²) in [4.78, 5) is 0. The van der Waals surface area contributed by atoms with Gasteiger partial charge < -0.3 is 5.32 Å². The Hall–Kier alpha value is -0.830.